The van der Waals surface area contributed by atoms with Crippen LogP contribution < -0.4 is 5.73 Å². The van der Waals surface area contributed by atoms with Crippen molar-refractivity contribution in [1.82, 2.24) is 24.6 Å². The van der Waals surface area contributed by atoms with Crippen LogP contribution in [0.25, 0.3) is 0 Å². The Kier molecular flexibility index (Phi) is 5.22. The maximum atomic E-state index is 12.3. The number of aromatic nitrogens is 4. The Morgan fingerprint density at radius 1 is 1.43 bits per heavy atom. The zero-order chi connectivity index (χ0) is 15.1. The minimum absolute atomic E-state index is 0.0841. The molecule has 112 valence electrons. The molecule has 0 unspecified atom stereocenters. The van der Waals surface area contributed by atoms with E-state index in [0.717, 1.165) is 5.69 Å². The van der Waals surface area contributed by atoms with Gasteiger partial charge in [0, 0.05) is 19.9 Å². The van der Waals surface area contributed by atoms with Crippen molar-refractivity contribution < 1.29 is 9.53 Å². The van der Waals surface area contributed by atoms with E-state index in [4.69, 9.17) is 10.5 Å². The van der Waals surface area contributed by atoms with Gasteiger partial charge in [0.1, 0.15) is 12.9 Å². The first kappa shape index (κ1) is 14.9. The average molecular weight is 290 g/mol. The Balaban J connectivity index is 2.02. The number of nitrogens with zero attached hydrogens (tertiary/aromatic N) is 5. The van der Waals surface area contributed by atoms with Gasteiger partial charge < -0.3 is 15.4 Å². The van der Waals surface area contributed by atoms with Crippen molar-refractivity contribution in [2.75, 3.05) is 26.0 Å². The van der Waals surface area contributed by atoms with Crippen molar-refractivity contribution in [3.8, 4) is 0 Å². The number of hydrogen-bond acceptors (Lipinski definition) is 6. The molecular weight excluding hydrogens is 272 g/mol. The van der Waals surface area contributed by atoms with Gasteiger partial charge in [-0.05, 0) is 12.1 Å². The van der Waals surface area contributed by atoms with Crippen LogP contribution in [-0.4, -0.2) is 50.8 Å². The monoisotopic (exact) mass is 290 g/mol. The molecule has 0 aromatic carbocycles. The molecule has 2 rings (SSSR count). The lowest BCUT2D eigenvalue weighted by Crippen LogP contribution is -2.36. The van der Waals surface area contributed by atoms with Crippen molar-refractivity contribution in [3.63, 3.8) is 0 Å². The molecule has 2 aromatic rings. The number of ether oxygens (including phenoxy) is 1. The van der Waals surface area contributed by atoms with Crippen molar-refractivity contribution >= 4 is 11.9 Å². The molecule has 0 aliphatic heterocycles. The molecule has 0 saturated carbocycles. The number of anilines is 1. The fraction of sp³-hybridized carbons (Fsp3) is 0.385. The lowest BCUT2D eigenvalue weighted by atomic mass is 10.3. The van der Waals surface area contributed by atoms with Crippen molar-refractivity contribution in [1.29, 1.82) is 0 Å². The first-order valence-corrected chi connectivity index (χ1v) is 6.50. The predicted octanol–water partition coefficient (Wildman–Crippen LogP) is -0.0695. The molecule has 2 heterocycles. The fourth-order valence-corrected chi connectivity index (χ4v) is 1.80. The summed E-state index contributed by atoms with van der Waals surface area (Å²) < 4.78 is 6.46. The predicted molar refractivity (Wildman–Crippen MR) is 76.0 cm³/mol. The Bertz CT molecular complexity index is 571. The van der Waals surface area contributed by atoms with Crippen LogP contribution in [-0.2, 0) is 22.6 Å². The van der Waals surface area contributed by atoms with Gasteiger partial charge in [-0.15, -0.1) is 5.10 Å². The highest BCUT2D eigenvalue weighted by Crippen LogP contribution is 2.03. The van der Waals surface area contributed by atoms with Crippen LogP contribution in [0.1, 0.15) is 5.69 Å². The second-order valence-corrected chi connectivity index (χ2v) is 4.43. The van der Waals surface area contributed by atoms with Gasteiger partial charge in [-0.3, -0.25) is 9.78 Å². The van der Waals surface area contributed by atoms with E-state index in [1.807, 2.05) is 18.2 Å². The van der Waals surface area contributed by atoms with Crippen molar-refractivity contribution in [3.05, 3.63) is 36.4 Å². The zero-order valence-electron chi connectivity index (χ0n) is 11.8. The van der Waals surface area contributed by atoms with Gasteiger partial charge in [-0.1, -0.05) is 6.07 Å². The van der Waals surface area contributed by atoms with E-state index in [-0.39, 0.29) is 18.4 Å². The van der Waals surface area contributed by atoms with E-state index in [1.165, 1.54) is 11.0 Å². The van der Waals surface area contributed by atoms with Crippen LogP contribution in [0.3, 0.4) is 0 Å². The molecule has 0 fully saturated rings. The molecule has 0 saturated heterocycles. The quantitative estimate of drug-likeness (QED) is 0.766. The number of rotatable bonds is 7. The lowest BCUT2D eigenvalue weighted by Gasteiger charge is -2.21. The topological polar surface area (TPSA) is 99.2 Å². The van der Waals surface area contributed by atoms with Crippen LogP contribution in [0.2, 0.25) is 0 Å². The Morgan fingerprint density at radius 3 is 2.90 bits per heavy atom. The third-order valence-electron chi connectivity index (χ3n) is 2.85. The number of pyridine rings is 1. The maximum absolute atomic E-state index is 12.3. The molecule has 1 amide bonds. The largest absolute Gasteiger partial charge is 0.383 e. The van der Waals surface area contributed by atoms with Crippen LogP contribution in [0.5, 0.6) is 0 Å². The summed E-state index contributed by atoms with van der Waals surface area (Å²) in [5.74, 6) is 0.0542. The first-order chi connectivity index (χ1) is 10.2. The summed E-state index contributed by atoms with van der Waals surface area (Å²) in [6.07, 6.45) is 3.13. The van der Waals surface area contributed by atoms with E-state index in [2.05, 4.69) is 15.1 Å². The van der Waals surface area contributed by atoms with Gasteiger partial charge in [0.15, 0.2) is 0 Å². The van der Waals surface area contributed by atoms with E-state index >= 15 is 0 Å². The lowest BCUT2D eigenvalue weighted by molar-refractivity contribution is -0.133. The molecule has 2 aromatic heterocycles. The molecule has 21 heavy (non-hydrogen) atoms. The van der Waals surface area contributed by atoms with Crippen LogP contribution in [0, 0.1) is 0 Å². The zero-order valence-corrected chi connectivity index (χ0v) is 11.8. The molecule has 2 N–H and O–H groups in total. The highest BCUT2D eigenvalue weighted by atomic mass is 16.5. The number of carbonyl (C=O) groups excluding carboxylic acids is 1. The van der Waals surface area contributed by atoms with E-state index < -0.39 is 0 Å². The number of hydrogen-bond donors (Lipinski definition) is 1. The van der Waals surface area contributed by atoms with Crippen molar-refractivity contribution in [2.45, 2.75) is 13.1 Å². The van der Waals surface area contributed by atoms with E-state index in [0.29, 0.717) is 19.7 Å². The molecule has 8 heteroatoms. The third-order valence-corrected chi connectivity index (χ3v) is 2.85. The number of methoxy groups -OCH3 is 1. The van der Waals surface area contributed by atoms with Crippen molar-refractivity contribution in [2.24, 2.45) is 0 Å². The molecule has 0 spiro atoms. The standard InChI is InChI=1S/C13H18N6O2/c1-21-7-6-18(8-11-4-2-3-5-15-11)12(20)9-19-10-16-13(14)17-19/h2-5,10H,6-9H2,1H3,(H2,14,17). The van der Waals surface area contributed by atoms with E-state index in [9.17, 15) is 4.79 Å². The number of amides is 1. The molecule has 0 radical (unpaired) electrons. The molecule has 0 aliphatic rings. The van der Waals surface area contributed by atoms with Gasteiger partial charge in [0.25, 0.3) is 0 Å². The SMILES string of the molecule is COCCN(Cc1ccccn1)C(=O)Cn1cnc(N)n1. The summed E-state index contributed by atoms with van der Waals surface area (Å²) in [4.78, 5) is 22.0. The molecule has 0 aliphatic carbocycles. The summed E-state index contributed by atoms with van der Waals surface area (Å²) in [7, 11) is 1.60. The third kappa shape index (κ3) is 4.53. The normalized spacial score (nSPS) is 10.5. The van der Waals surface area contributed by atoms with Gasteiger partial charge in [-0.25, -0.2) is 9.67 Å². The summed E-state index contributed by atoms with van der Waals surface area (Å²) in [6.45, 7) is 1.45. The van der Waals surface area contributed by atoms with E-state index in [1.54, 1.807) is 18.2 Å². The number of nitrogens with two attached hydrogens (primary N) is 1. The van der Waals surface area contributed by atoms with Gasteiger partial charge in [-0.2, -0.15) is 0 Å². The average Bonchev–Trinajstić information content (AvgIpc) is 2.89. The fourth-order valence-electron chi connectivity index (χ4n) is 1.80. The second-order valence-electron chi connectivity index (χ2n) is 4.43. The highest BCUT2D eigenvalue weighted by molar-refractivity contribution is 5.75. The summed E-state index contributed by atoms with van der Waals surface area (Å²) in [6, 6.07) is 5.60. The highest BCUT2D eigenvalue weighted by Gasteiger charge is 2.15. The van der Waals surface area contributed by atoms with Crippen LogP contribution >= 0.6 is 0 Å². The van der Waals surface area contributed by atoms with Gasteiger partial charge in [0.05, 0.1) is 18.8 Å². The number of carbonyl (C=O) groups is 1. The summed E-state index contributed by atoms with van der Waals surface area (Å²) in [5.41, 5.74) is 6.26. The second kappa shape index (κ2) is 7.34. The number of nitrogen functional groups attached to an aromatic ring is 1. The molecule has 0 bridgehead atoms. The minimum atomic E-state index is -0.0948. The molecular formula is C13H18N6O2. The maximum Gasteiger partial charge on any atom is 0.244 e. The smallest absolute Gasteiger partial charge is 0.244 e. The summed E-state index contributed by atoms with van der Waals surface area (Å²) >= 11 is 0. The van der Waals surface area contributed by atoms with Gasteiger partial charge >= 0.3 is 0 Å². The molecule has 0 atom stereocenters. The van der Waals surface area contributed by atoms with Crippen LogP contribution in [0.15, 0.2) is 30.7 Å². The summed E-state index contributed by atoms with van der Waals surface area (Å²) in [5, 5.41) is 3.91. The Hall–Kier alpha value is -2.48. The first-order valence-electron chi connectivity index (χ1n) is 6.50. The van der Waals surface area contributed by atoms with Gasteiger partial charge in [0.2, 0.25) is 11.9 Å². The molecule has 8 nitrogen and oxygen atoms in total. The Morgan fingerprint density at radius 2 is 2.29 bits per heavy atom. The van der Waals surface area contributed by atoms with Crippen LogP contribution in [0.4, 0.5) is 5.95 Å². The minimum Gasteiger partial charge on any atom is -0.383 e. The Labute approximate surface area is 122 Å².